The first-order valence-electron chi connectivity index (χ1n) is 12.2. The Bertz CT molecular complexity index is 1500. The molecule has 204 valence electrons. The molecule has 0 amide bonds. The Morgan fingerprint density at radius 3 is 1.51 bits per heavy atom. The van der Waals surface area contributed by atoms with Crippen LogP contribution in [-0.2, 0) is 20.2 Å². The summed E-state index contributed by atoms with van der Waals surface area (Å²) in [6.45, 7) is 0.543. The largest absolute Gasteiger partial charge is 0.371 e. The van der Waals surface area contributed by atoms with Crippen molar-refractivity contribution in [3.63, 3.8) is 0 Å². The summed E-state index contributed by atoms with van der Waals surface area (Å²) in [6.07, 6.45) is 3.71. The topological polar surface area (TPSA) is 151 Å². The van der Waals surface area contributed by atoms with E-state index in [-0.39, 0.29) is 25.9 Å². The molecule has 0 fully saturated rings. The molecule has 2 N–H and O–H groups in total. The number of nitrogens with zero attached hydrogens (tertiary/aromatic N) is 4. The van der Waals surface area contributed by atoms with Crippen LogP contribution in [0.4, 0.5) is 5.69 Å². The standard InChI is InChI=1S/C27H28N4O6S2/c32-38(33,34)17-5-15-31(16-6-18-39(35,36)37)23-11-9-21(10-12-23)22-19-26(24-7-1-3-13-28-24)30-27(20-22)25-8-2-4-14-29-25/h1-4,7-14,19-20H,5-6,15-18H2,(H,32,33,34)(H,35,36,37). The zero-order chi connectivity index (χ0) is 27.9. The van der Waals surface area contributed by atoms with Crippen LogP contribution in [-0.4, -0.2) is 65.5 Å². The van der Waals surface area contributed by atoms with Crippen molar-refractivity contribution in [3.05, 3.63) is 85.2 Å². The van der Waals surface area contributed by atoms with Gasteiger partial charge in [0.2, 0.25) is 0 Å². The second kappa shape index (κ2) is 12.4. The van der Waals surface area contributed by atoms with Crippen LogP contribution in [0.1, 0.15) is 12.8 Å². The lowest BCUT2D eigenvalue weighted by Gasteiger charge is -2.25. The highest BCUT2D eigenvalue weighted by Crippen LogP contribution is 2.30. The maximum absolute atomic E-state index is 11.2. The normalized spacial score (nSPS) is 11.8. The summed E-state index contributed by atoms with van der Waals surface area (Å²) in [5.41, 5.74) is 5.35. The highest BCUT2D eigenvalue weighted by atomic mass is 32.2. The molecule has 0 saturated carbocycles. The van der Waals surface area contributed by atoms with Crippen LogP contribution in [0.3, 0.4) is 0 Å². The van der Waals surface area contributed by atoms with Crippen LogP contribution in [0.5, 0.6) is 0 Å². The van der Waals surface area contributed by atoms with Crippen LogP contribution >= 0.6 is 0 Å². The molecule has 0 aliphatic heterocycles. The zero-order valence-electron chi connectivity index (χ0n) is 21.0. The zero-order valence-corrected chi connectivity index (χ0v) is 22.6. The van der Waals surface area contributed by atoms with E-state index in [1.165, 1.54) is 0 Å². The molecule has 0 spiro atoms. The predicted octanol–water partition coefficient (Wildman–Crippen LogP) is 4.23. The molecule has 4 rings (SSSR count). The third-order valence-corrected chi connectivity index (χ3v) is 7.52. The molecule has 0 aliphatic carbocycles. The van der Waals surface area contributed by atoms with E-state index in [2.05, 4.69) is 9.97 Å². The summed E-state index contributed by atoms with van der Waals surface area (Å²) in [6, 6.07) is 22.7. The fourth-order valence-electron chi connectivity index (χ4n) is 4.10. The smallest absolute Gasteiger partial charge is 0.264 e. The van der Waals surface area contributed by atoms with Gasteiger partial charge in [0.15, 0.2) is 0 Å². The summed E-state index contributed by atoms with van der Waals surface area (Å²) >= 11 is 0. The summed E-state index contributed by atoms with van der Waals surface area (Å²) in [5, 5.41) is 0. The van der Waals surface area contributed by atoms with Gasteiger partial charge in [-0.2, -0.15) is 16.8 Å². The quantitative estimate of drug-likeness (QED) is 0.238. The molecular formula is C27H28N4O6S2. The number of pyridine rings is 3. The van der Waals surface area contributed by atoms with E-state index in [9.17, 15) is 16.8 Å². The average Bonchev–Trinajstić information content (AvgIpc) is 2.92. The van der Waals surface area contributed by atoms with Gasteiger partial charge in [-0.1, -0.05) is 24.3 Å². The van der Waals surface area contributed by atoms with E-state index in [4.69, 9.17) is 14.1 Å². The van der Waals surface area contributed by atoms with Crippen LogP contribution < -0.4 is 4.90 Å². The predicted molar refractivity (Wildman–Crippen MR) is 150 cm³/mol. The van der Waals surface area contributed by atoms with Gasteiger partial charge in [0.25, 0.3) is 20.2 Å². The minimum absolute atomic E-state index is 0.150. The summed E-state index contributed by atoms with van der Waals surface area (Å²) in [4.78, 5) is 15.5. The van der Waals surface area contributed by atoms with Gasteiger partial charge in [-0.3, -0.25) is 19.1 Å². The lowest BCUT2D eigenvalue weighted by atomic mass is 10.0. The lowest BCUT2D eigenvalue weighted by Crippen LogP contribution is -2.28. The van der Waals surface area contributed by atoms with Crippen molar-refractivity contribution in [2.45, 2.75) is 12.8 Å². The van der Waals surface area contributed by atoms with E-state index in [1.807, 2.05) is 77.7 Å². The van der Waals surface area contributed by atoms with Crippen LogP contribution in [0.2, 0.25) is 0 Å². The van der Waals surface area contributed by atoms with Gasteiger partial charge in [-0.05, 0) is 72.5 Å². The average molecular weight is 569 g/mol. The van der Waals surface area contributed by atoms with Gasteiger partial charge in [0, 0.05) is 31.2 Å². The number of benzene rings is 1. The number of anilines is 1. The first-order chi connectivity index (χ1) is 18.6. The molecule has 0 unspecified atom stereocenters. The molecule has 0 aliphatic rings. The minimum Gasteiger partial charge on any atom is -0.371 e. The van der Waals surface area contributed by atoms with Gasteiger partial charge in [0.05, 0.1) is 34.3 Å². The monoisotopic (exact) mass is 568 g/mol. The van der Waals surface area contributed by atoms with Gasteiger partial charge >= 0.3 is 0 Å². The second-order valence-corrected chi connectivity index (χ2v) is 12.0. The molecule has 4 aromatic rings. The van der Waals surface area contributed by atoms with E-state index in [1.54, 1.807) is 12.4 Å². The number of rotatable bonds is 12. The van der Waals surface area contributed by atoms with Crippen molar-refractivity contribution in [3.8, 4) is 33.9 Å². The van der Waals surface area contributed by atoms with Crippen molar-refractivity contribution < 1.29 is 25.9 Å². The van der Waals surface area contributed by atoms with Gasteiger partial charge in [0.1, 0.15) is 0 Å². The first-order valence-corrected chi connectivity index (χ1v) is 15.4. The maximum atomic E-state index is 11.2. The van der Waals surface area contributed by atoms with Crippen molar-refractivity contribution in [1.82, 2.24) is 15.0 Å². The van der Waals surface area contributed by atoms with Crippen LogP contribution in [0.15, 0.2) is 85.2 Å². The molecule has 1 aromatic carbocycles. The Hall–Kier alpha value is -3.71. The summed E-state index contributed by atoms with van der Waals surface area (Å²) in [7, 11) is -8.24. The maximum Gasteiger partial charge on any atom is 0.264 e. The van der Waals surface area contributed by atoms with E-state index < -0.39 is 31.7 Å². The molecule has 12 heteroatoms. The molecule has 3 aromatic heterocycles. The third kappa shape index (κ3) is 8.65. The third-order valence-electron chi connectivity index (χ3n) is 5.91. The second-order valence-electron chi connectivity index (χ2n) is 8.87. The van der Waals surface area contributed by atoms with Crippen molar-refractivity contribution in [2.24, 2.45) is 0 Å². The number of aromatic nitrogens is 3. The van der Waals surface area contributed by atoms with Crippen molar-refractivity contribution >= 4 is 25.9 Å². The van der Waals surface area contributed by atoms with E-state index >= 15 is 0 Å². The fourth-order valence-corrected chi connectivity index (χ4v) is 5.09. The van der Waals surface area contributed by atoms with Gasteiger partial charge in [-0.15, -0.1) is 0 Å². The molecule has 0 bridgehead atoms. The fraction of sp³-hybridized carbons (Fsp3) is 0.222. The van der Waals surface area contributed by atoms with E-state index in [0.29, 0.717) is 11.4 Å². The summed E-state index contributed by atoms with van der Waals surface area (Å²) in [5.74, 6) is -0.826. The Morgan fingerprint density at radius 1 is 0.615 bits per heavy atom. The molecule has 10 nitrogen and oxygen atoms in total. The van der Waals surface area contributed by atoms with Crippen molar-refractivity contribution in [2.75, 3.05) is 29.5 Å². The van der Waals surface area contributed by atoms with Crippen LogP contribution in [0, 0.1) is 0 Å². The van der Waals surface area contributed by atoms with Gasteiger partial charge < -0.3 is 4.90 Å². The minimum atomic E-state index is -4.12. The molecule has 3 heterocycles. The highest BCUT2D eigenvalue weighted by Gasteiger charge is 2.14. The van der Waals surface area contributed by atoms with E-state index in [0.717, 1.165) is 28.2 Å². The lowest BCUT2D eigenvalue weighted by molar-refractivity contribution is 0.480. The van der Waals surface area contributed by atoms with Crippen LogP contribution in [0.25, 0.3) is 33.9 Å². The number of hydrogen-bond donors (Lipinski definition) is 2. The Kier molecular flexibility index (Phi) is 9.02. The highest BCUT2D eigenvalue weighted by molar-refractivity contribution is 7.86. The molecule has 0 radical (unpaired) electrons. The number of hydrogen-bond acceptors (Lipinski definition) is 8. The van der Waals surface area contributed by atoms with Crippen molar-refractivity contribution in [1.29, 1.82) is 0 Å². The van der Waals surface area contributed by atoms with Gasteiger partial charge in [-0.25, -0.2) is 4.98 Å². The Balaban J connectivity index is 1.64. The molecule has 39 heavy (non-hydrogen) atoms. The molecule has 0 atom stereocenters. The molecular weight excluding hydrogens is 540 g/mol. The Labute approximate surface area is 227 Å². The molecule has 0 saturated heterocycles. The first kappa shape index (κ1) is 28.3. The Morgan fingerprint density at radius 2 is 1.10 bits per heavy atom. The summed E-state index contributed by atoms with van der Waals surface area (Å²) < 4.78 is 62.8. The SMILES string of the molecule is O=S(=O)(O)CCCN(CCCS(=O)(=O)O)c1ccc(-c2cc(-c3ccccn3)nc(-c3ccccn3)c2)cc1.